The van der Waals surface area contributed by atoms with E-state index in [1.807, 2.05) is 0 Å². The van der Waals surface area contributed by atoms with Crippen molar-refractivity contribution in [2.24, 2.45) is 17.3 Å². The van der Waals surface area contributed by atoms with Crippen LogP contribution < -0.4 is 0 Å². The molecule has 0 aromatic heterocycles. The number of hydrogen-bond acceptors (Lipinski definition) is 0. The van der Waals surface area contributed by atoms with E-state index >= 15 is 0 Å². The van der Waals surface area contributed by atoms with Gasteiger partial charge in [0.05, 0.1) is 0 Å². The van der Waals surface area contributed by atoms with Gasteiger partial charge >= 0.3 is 0 Å². The van der Waals surface area contributed by atoms with Crippen LogP contribution in [0.3, 0.4) is 0 Å². The summed E-state index contributed by atoms with van der Waals surface area (Å²) in [6.07, 6.45) is 8.47. The molecule has 0 saturated carbocycles. The SMILES string of the molecule is CCC(C)C1=CC=C(c2ccccc2)C1C(C)(CC)CC. The molecule has 0 fully saturated rings. The lowest BCUT2D eigenvalue weighted by molar-refractivity contribution is 0.233. The third-order valence-electron chi connectivity index (χ3n) is 5.70. The van der Waals surface area contributed by atoms with Crippen LogP contribution in [0.15, 0.2) is 48.1 Å². The number of allylic oxidation sites excluding steroid dienone is 4. The summed E-state index contributed by atoms with van der Waals surface area (Å²) >= 11 is 0. The van der Waals surface area contributed by atoms with E-state index in [2.05, 4.69) is 77.1 Å². The molecule has 1 aromatic rings. The minimum atomic E-state index is 0.355. The van der Waals surface area contributed by atoms with Crippen molar-refractivity contribution >= 4 is 5.57 Å². The number of rotatable bonds is 6. The zero-order chi connectivity index (χ0) is 15.5. The lowest BCUT2D eigenvalue weighted by Gasteiger charge is -2.39. The molecular weight excluding hydrogens is 252 g/mol. The van der Waals surface area contributed by atoms with Crippen molar-refractivity contribution in [2.75, 3.05) is 0 Å². The van der Waals surface area contributed by atoms with Crippen LogP contribution in [0, 0.1) is 17.3 Å². The Kier molecular flexibility index (Phi) is 5.08. The fourth-order valence-corrected chi connectivity index (χ4v) is 3.57. The van der Waals surface area contributed by atoms with Gasteiger partial charge in [0.25, 0.3) is 0 Å². The number of hydrogen-bond donors (Lipinski definition) is 0. The maximum absolute atomic E-state index is 2.47. The van der Waals surface area contributed by atoms with Gasteiger partial charge in [0.2, 0.25) is 0 Å². The van der Waals surface area contributed by atoms with Gasteiger partial charge in [0.1, 0.15) is 0 Å². The first-order valence-corrected chi connectivity index (χ1v) is 8.54. The van der Waals surface area contributed by atoms with Crippen LogP contribution in [0.5, 0.6) is 0 Å². The predicted molar refractivity (Wildman–Crippen MR) is 94.1 cm³/mol. The first-order chi connectivity index (χ1) is 10.1. The molecule has 0 heterocycles. The van der Waals surface area contributed by atoms with E-state index in [0.29, 0.717) is 17.3 Å². The van der Waals surface area contributed by atoms with E-state index in [1.54, 1.807) is 5.57 Å². The van der Waals surface area contributed by atoms with Crippen molar-refractivity contribution in [3.8, 4) is 0 Å². The van der Waals surface area contributed by atoms with Gasteiger partial charge in [-0.1, -0.05) is 82.7 Å². The van der Waals surface area contributed by atoms with Crippen LogP contribution in [0.1, 0.15) is 59.4 Å². The smallest absolute Gasteiger partial charge is 0.0113 e. The van der Waals surface area contributed by atoms with Crippen molar-refractivity contribution < 1.29 is 0 Å². The molecule has 0 spiro atoms. The van der Waals surface area contributed by atoms with E-state index in [0.717, 1.165) is 0 Å². The summed E-state index contributed by atoms with van der Waals surface area (Å²) in [5, 5.41) is 0. The van der Waals surface area contributed by atoms with Gasteiger partial charge in [0.15, 0.2) is 0 Å². The van der Waals surface area contributed by atoms with Crippen LogP contribution in [0.2, 0.25) is 0 Å². The summed E-state index contributed by atoms with van der Waals surface area (Å²) in [5.74, 6) is 1.25. The fraction of sp³-hybridized carbons (Fsp3) is 0.524. The summed E-state index contributed by atoms with van der Waals surface area (Å²) in [5.41, 5.74) is 4.91. The molecule has 0 N–H and O–H groups in total. The second-order valence-electron chi connectivity index (χ2n) is 6.76. The minimum Gasteiger partial charge on any atom is -0.0648 e. The van der Waals surface area contributed by atoms with Crippen molar-refractivity contribution in [1.29, 1.82) is 0 Å². The van der Waals surface area contributed by atoms with Crippen LogP contribution in [-0.2, 0) is 0 Å². The third-order valence-corrected chi connectivity index (χ3v) is 5.70. The highest BCUT2D eigenvalue weighted by atomic mass is 14.4. The highest BCUT2D eigenvalue weighted by molar-refractivity contribution is 5.75. The highest BCUT2D eigenvalue weighted by Crippen LogP contribution is 2.51. The van der Waals surface area contributed by atoms with Crippen LogP contribution >= 0.6 is 0 Å². The van der Waals surface area contributed by atoms with Gasteiger partial charge in [-0.3, -0.25) is 0 Å². The monoisotopic (exact) mass is 282 g/mol. The van der Waals surface area contributed by atoms with Crippen molar-refractivity contribution in [2.45, 2.75) is 53.9 Å². The first-order valence-electron chi connectivity index (χ1n) is 8.54. The first kappa shape index (κ1) is 16.1. The van der Waals surface area contributed by atoms with Gasteiger partial charge in [-0.15, -0.1) is 0 Å². The predicted octanol–water partition coefficient (Wildman–Crippen LogP) is 6.50. The van der Waals surface area contributed by atoms with Crippen molar-refractivity contribution in [3.05, 3.63) is 53.6 Å². The second-order valence-corrected chi connectivity index (χ2v) is 6.76. The molecule has 0 radical (unpaired) electrons. The molecule has 1 aliphatic rings. The number of benzene rings is 1. The molecule has 1 aromatic carbocycles. The Labute approximate surface area is 131 Å². The summed E-state index contributed by atoms with van der Waals surface area (Å²) < 4.78 is 0. The maximum Gasteiger partial charge on any atom is 0.0113 e. The lowest BCUT2D eigenvalue weighted by atomic mass is 9.65. The minimum absolute atomic E-state index is 0.355. The average molecular weight is 282 g/mol. The van der Waals surface area contributed by atoms with Crippen molar-refractivity contribution in [1.82, 2.24) is 0 Å². The lowest BCUT2D eigenvalue weighted by Crippen LogP contribution is -2.29. The van der Waals surface area contributed by atoms with E-state index in [4.69, 9.17) is 0 Å². The fourth-order valence-electron chi connectivity index (χ4n) is 3.57. The largest absolute Gasteiger partial charge is 0.0648 e. The Morgan fingerprint density at radius 2 is 1.62 bits per heavy atom. The molecular formula is C21H30. The molecule has 114 valence electrons. The Morgan fingerprint density at radius 3 is 2.14 bits per heavy atom. The Morgan fingerprint density at radius 1 is 1.00 bits per heavy atom. The second kappa shape index (κ2) is 6.64. The summed E-state index contributed by atoms with van der Waals surface area (Å²) in [4.78, 5) is 0. The zero-order valence-electron chi connectivity index (χ0n) is 14.3. The molecule has 2 unspecified atom stereocenters. The van der Waals surface area contributed by atoms with Crippen molar-refractivity contribution in [3.63, 3.8) is 0 Å². The molecule has 2 rings (SSSR count). The van der Waals surface area contributed by atoms with Crippen LogP contribution in [0.4, 0.5) is 0 Å². The molecule has 2 atom stereocenters. The normalized spacial score (nSPS) is 20.1. The maximum atomic E-state index is 2.47. The van der Waals surface area contributed by atoms with Gasteiger partial charge in [-0.25, -0.2) is 0 Å². The Balaban J connectivity index is 2.44. The highest BCUT2D eigenvalue weighted by Gasteiger charge is 2.39. The topological polar surface area (TPSA) is 0 Å². The summed E-state index contributed by atoms with van der Waals surface area (Å²) in [6.45, 7) is 11.8. The van der Waals surface area contributed by atoms with Gasteiger partial charge in [-0.05, 0) is 41.7 Å². The molecule has 0 amide bonds. The Bertz CT molecular complexity index is 514. The third kappa shape index (κ3) is 3.00. The van der Waals surface area contributed by atoms with E-state index in [9.17, 15) is 0 Å². The van der Waals surface area contributed by atoms with Crippen LogP contribution in [0.25, 0.3) is 5.57 Å². The van der Waals surface area contributed by atoms with E-state index < -0.39 is 0 Å². The molecule has 0 saturated heterocycles. The van der Waals surface area contributed by atoms with E-state index in [1.165, 1.54) is 30.4 Å². The van der Waals surface area contributed by atoms with Gasteiger partial charge < -0.3 is 0 Å². The quantitative estimate of drug-likeness (QED) is 0.558. The van der Waals surface area contributed by atoms with Crippen LogP contribution in [-0.4, -0.2) is 0 Å². The average Bonchev–Trinajstić information content (AvgIpc) is 2.99. The zero-order valence-corrected chi connectivity index (χ0v) is 14.3. The van der Waals surface area contributed by atoms with Gasteiger partial charge in [0, 0.05) is 5.92 Å². The summed E-state index contributed by atoms with van der Waals surface area (Å²) in [6, 6.07) is 10.9. The Hall–Kier alpha value is -1.30. The molecule has 0 heteroatoms. The molecule has 0 aliphatic heterocycles. The van der Waals surface area contributed by atoms with Gasteiger partial charge in [-0.2, -0.15) is 0 Å². The standard InChI is InChI=1S/C21H30/c1-6-16(4)18-14-15-19(17-12-10-9-11-13-17)20(18)21(5,7-2)8-3/h9-16,20H,6-8H2,1-5H3. The molecule has 0 bridgehead atoms. The molecule has 1 aliphatic carbocycles. The van der Waals surface area contributed by atoms with E-state index in [-0.39, 0.29) is 0 Å². The molecule has 21 heavy (non-hydrogen) atoms. The summed E-state index contributed by atoms with van der Waals surface area (Å²) in [7, 11) is 0. The molecule has 0 nitrogen and oxygen atoms in total.